The fraction of sp³-hybridized carbons (Fsp3) is 0.308. The Labute approximate surface area is 106 Å². The van der Waals surface area contributed by atoms with Gasteiger partial charge in [-0.25, -0.2) is 4.68 Å². The molecule has 1 N–H and O–H groups in total. The van der Waals surface area contributed by atoms with Gasteiger partial charge in [0.1, 0.15) is 5.82 Å². The van der Waals surface area contributed by atoms with Gasteiger partial charge in [-0.2, -0.15) is 10.1 Å². The Bertz CT molecular complexity index is 601. The monoisotopic (exact) mass is 244 g/mol. The molecule has 0 aliphatic rings. The SMILES string of the molecule is Cc1ccc(C)c(C(=O)Nc2nc(C)nn2C)c1. The lowest BCUT2D eigenvalue weighted by molar-refractivity contribution is 0.102. The third-order valence-corrected chi connectivity index (χ3v) is 2.73. The summed E-state index contributed by atoms with van der Waals surface area (Å²) < 4.78 is 1.55. The lowest BCUT2D eigenvalue weighted by Crippen LogP contribution is -2.16. The van der Waals surface area contributed by atoms with E-state index >= 15 is 0 Å². The number of nitrogens with one attached hydrogen (secondary N) is 1. The highest BCUT2D eigenvalue weighted by Gasteiger charge is 2.12. The highest BCUT2D eigenvalue weighted by Crippen LogP contribution is 2.13. The number of benzene rings is 1. The molecule has 94 valence electrons. The predicted octanol–water partition coefficient (Wildman–Crippen LogP) is 1.99. The van der Waals surface area contributed by atoms with E-state index in [4.69, 9.17) is 0 Å². The van der Waals surface area contributed by atoms with Gasteiger partial charge in [0.2, 0.25) is 5.95 Å². The van der Waals surface area contributed by atoms with Gasteiger partial charge < -0.3 is 0 Å². The number of rotatable bonds is 2. The van der Waals surface area contributed by atoms with Crippen molar-refractivity contribution in [3.8, 4) is 0 Å². The maximum atomic E-state index is 12.2. The average Bonchev–Trinajstić information content (AvgIpc) is 2.61. The number of aromatic nitrogens is 3. The van der Waals surface area contributed by atoms with Gasteiger partial charge >= 0.3 is 0 Å². The molecular weight excluding hydrogens is 228 g/mol. The van der Waals surface area contributed by atoms with Crippen molar-refractivity contribution < 1.29 is 4.79 Å². The number of amides is 1. The van der Waals surface area contributed by atoms with Gasteiger partial charge in [0.15, 0.2) is 0 Å². The van der Waals surface area contributed by atoms with Crippen LogP contribution in [0.2, 0.25) is 0 Å². The predicted molar refractivity (Wildman–Crippen MR) is 69.6 cm³/mol. The fourth-order valence-electron chi connectivity index (χ4n) is 1.77. The van der Waals surface area contributed by atoms with E-state index in [9.17, 15) is 4.79 Å². The summed E-state index contributed by atoms with van der Waals surface area (Å²) in [7, 11) is 1.75. The van der Waals surface area contributed by atoms with Gasteiger partial charge in [0, 0.05) is 12.6 Å². The Hall–Kier alpha value is -2.17. The normalized spacial score (nSPS) is 10.4. The number of aryl methyl sites for hydroxylation is 4. The van der Waals surface area contributed by atoms with Gasteiger partial charge in [-0.3, -0.25) is 10.1 Å². The molecular formula is C13H16N4O. The van der Waals surface area contributed by atoms with Crippen LogP contribution < -0.4 is 5.32 Å². The van der Waals surface area contributed by atoms with Crippen molar-refractivity contribution in [1.82, 2.24) is 14.8 Å². The number of hydrogen-bond acceptors (Lipinski definition) is 3. The lowest BCUT2D eigenvalue weighted by Gasteiger charge is -2.07. The molecule has 18 heavy (non-hydrogen) atoms. The van der Waals surface area contributed by atoms with Crippen LogP contribution >= 0.6 is 0 Å². The Kier molecular flexibility index (Phi) is 3.14. The zero-order valence-corrected chi connectivity index (χ0v) is 11.0. The van der Waals surface area contributed by atoms with E-state index in [1.807, 2.05) is 32.0 Å². The molecule has 0 atom stereocenters. The first-order chi connectivity index (χ1) is 8.47. The number of anilines is 1. The summed E-state index contributed by atoms with van der Waals surface area (Å²) in [6.45, 7) is 5.66. The van der Waals surface area contributed by atoms with Crippen molar-refractivity contribution in [1.29, 1.82) is 0 Å². The summed E-state index contributed by atoms with van der Waals surface area (Å²) in [5, 5.41) is 6.85. The molecule has 0 aliphatic heterocycles. The second-order valence-electron chi connectivity index (χ2n) is 4.38. The molecule has 0 aliphatic carbocycles. The van der Waals surface area contributed by atoms with Gasteiger partial charge in [-0.05, 0) is 32.4 Å². The van der Waals surface area contributed by atoms with Gasteiger partial charge in [-0.15, -0.1) is 0 Å². The average molecular weight is 244 g/mol. The lowest BCUT2D eigenvalue weighted by atomic mass is 10.1. The Morgan fingerprint density at radius 1 is 1.28 bits per heavy atom. The van der Waals surface area contributed by atoms with E-state index in [0.717, 1.165) is 11.1 Å². The van der Waals surface area contributed by atoms with Crippen molar-refractivity contribution in [2.75, 3.05) is 5.32 Å². The molecule has 0 radical (unpaired) electrons. The highest BCUT2D eigenvalue weighted by atomic mass is 16.1. The van der Waals surface area contributed by atoms with E-state index in [1.54, 1.807) is 18.7 Å². The van der Waals surface area contributed by atoms with Crippen LogP contribution in [-0.4, -0.2) is 20.7 Å². The maximum absolute atomic E-state index is 12.2. The van der Waals surface area contributed by atoms with Crippen LogP contribution in [0.15, 0.2) is 18.2 Å². The summed E-state index contributed by atoms with van der Waals surface area (Å²) in [6, 6.07) is 5.79. The molecule has 2 aromatic rings. The molecule has 5 heteroatoms. The Morgan fingerprint density at radius 3 is 2.61 bits per heavy atom. The first kappa shape index (κ1) is 12.3. The van der Waals surface area contributed by atoms with Crippen LogP contribution in [0, 0.1) is 20.8 Å². The van der Waals surface area contributed by atoms with Gasteiger partial charge in [-0.1, -0.05) is 17.7 Å². The maximum Gasteiger partial charge on any atom is 0.258 e. The molecule has 5 nitrogen and oxygen atoms in total. The first-order valence-corrected chi connectivity index (χ1v) is 5.73. The number of hydrogen-bond donors (Lipinski definition) is 1. The molecule has 1 aromatic carbocycles. The van der Waals surface area contributed by atoms with E-state index in [2.05, 4.69) is 15.4 Å². The van der Waals surface area contributed by atoms with E-state index in [0.29, 0.717) is 17.3 Å². The highest BCUT2D eigenvalue weighted by molar-refractivity contribution is 6.04. The summed E-state index contributed by atoms with van der Waals surface area (Å²) in [5.41, 5.74) is 2.66. The van der Waals surface area contributed by atoms with Crippen LogP contribution in [0.3, 0.4) is 0 Å². The second-order valence-corrected chi connectivity index (χ2v) is 4.38. The first-order valence-electron chi connectivity index (χ1n) is 5.73. The molecule has 0 bridgehead atoms. The number of carbonyl (C=O) groups excluding carboxylic acids is 1. The third-order valence-electron chi connectivity index (χ3n) is 2.73. The van der Waals surface area contributed by atoms with Crippen molar-refractivity contribution in [3.05, 3.63) is 40.7 Å². The van der Waals surface area contributed by atoms with Crippen molar-refractivity contribution in [2.45, 2.75) is 20.8 Å². The molecule has 0 unspecified atom stereocenters. The molecule has 0 fully saturated rings. The molecule has 1 amide bonds. The van der Waals surface area contributed by atoms with Gasteiger partial charge in [0.05, 0.1) is 0 Å². The zero-order chi connectivity index (χ0) is 13.3. The summed E-state index contributed by atoms with van der Waals surface area (Å²) >= 11 is 0. The van der Waals surface area contributed by atoms with Gasteiger partial charge in [0.25, 0.3) is 5.91 Å². The minimum absolute atomic E-state index is 0.160. The molecule has 0 saturated heterocycles. The Morgan fingerprint density at radius 2 is 2.00 bits per heavy atom. The molecule has 1 aromatic heterocycles. The van der Waals surface area contributed by atoms with Crippen molar-refractivity contribution in [3.63, 3.8) is 0 Å². The van der Waals surface area contributed by atoms with Crippen LogP contribution in [0.4, 0.5) is 5.95 Å². The smallest absolute Gasteiger partial charge is 0.258 e. The summed E-state index contributed by atoms with van der Waals surface area (Å²) in [4.78, 5) is 16.3. The van der Waals surface area contributed by atoms with E-state index in [-0.39, 0.29) is 5.91 Å². The largest absolute Gasteiger partial charge is 0.291 e. The molecule has 1 heterocycles. The summed E-state index contributed by atoms with van der Waals surface area (Å²) in [6.07, 6.45) is 0. The zero-order valence-electron chi connectivity index (χ0n) is 11.0. The minimum atomic E-state index is -0.160. The summed E-state index contributed by atoms with van der Waals surface area (Å²) in [5.74, 6) is 0.930. The molecule has 2 rings (SSSR count). The van der Waals surface area contributed by atoms with Crippen LogP contribution in [0.1, 0.15) is 27.3 Å². The number of nitrogens with zero attached hydrogens (tertiary/aromatic N) is 3. The van der Waals surface area contributed by atoms with E-state index < -0.39 is 0 Å². The van der Waals surface area contributed by atoms with Crippen LogP contribution in [0.25, 0.3) is 0 Å². The van der Waals surface area contributed by atoms with Crippen molar-refractivity contribution >= 4 is 11.9 Å². The topological polar surface area (TPSA) is 59.8 Å². The van der Waals surface area contributed by atoms with Crippen molar-refractivity contribution in [2.24, 2.45) is 7.05 Å². The molecule has 0 spiro atoms. The number of carbonyl (C=O) groups is 1. The van der Waals surface area contributed by atoms with Crippen LogP contribution in [0.5, 0.6) is 0 Å². The Balaban J connectivity index is 2.27. The fourth-order valence-corrected chi connectivity index (χ4v) is 1.77. The van der Waals surface area contributed by atoms with Crippen LogP contribution in [-0.2, 0) is 7.05 Å². The second kappa shape index (κ2) is 4.60. The molecule has 0 saturated carbocycles. The third kappa shape index (κ3) is 2.40. The quantitative estimate of drug-likeness (QED) is 0.878. The van der Waals surface area contributed by atoms with E-state index in [1.165, 1.54) is 0 Å². The standard InChI is InChI=1S/C13H16N4O/c1-8-5-6-9(2)11(7-8)12(18)15-13-14-10(3)16-17(13)4/h5-7H,1-4H3,(H,14,15,16,18). The minimum Gasteiger partial charge on any atom is -0.291 e.